The first kappa shape index (κ1) is 23.5. The Hall–Kier alpha value is -2.81. The van der Waals surface area contributed by atoms with Gasteiger partial charge in [-0.05, 0) is 57.2 Å². The van der Waals surface area contributed by atoms with Crippen molar-refractivity contribution >= 4 is 17.9 Å². The Balaban J connectivity index is 0.000000222. The number of pyridine rings is 1. The first-order chi connectivity index (χ1) is 14.2. The molecule has 3 rings (SSSR count). The largest absolute Gasteiger partial charge is 0.417 e. The molecule has 2 heterocycles. The monoisotopic (exact) mass is 425 g/mol. The first-order valence-corrected chi connectivity index (χ1v) is 9.35. The zero-order chi connectivity index (χ0) is 22.3. The number of halogens is 4. The van der Waals surface area contributed by atoms with Crippen LogP contribution in [0.2, 0.25) is 0 Å². The van der Waals surface area contributed by atoms with Gasteiger partial charge >= 0.3 is 6.18 Å². The van der Waals surface area contributed by atoms with Crippen molar-refractivity contribution in [2.24, 2.45) is 5.92 Å². The molecule has 0 radical (unpaired) electrons. The van der Waals surface area contributed by atoms with Gasteiger partial charge in [-0.25, -0.2) is 9.37 Å². The standard InChI is InChI=1S/C13H19N3O.C8H4F4O/c1-14-12-5-3-4-11(15-12)13(17)10-6-8-16(2)9-7-10;9-7-3-1-2-6(5(7)4-13)8(10,11)12/h3-5,10H,6-9H2,1-2H3,(H,14,15);1-4H. The molecule has 0 bridgehead atoms. The topological polar surface area (TPSA) is 62.3 Å². The maximum absolute atomic E-state index is 12.6. The lowest BCUT2D eigenvalue weighted by Gasteiger charge is -2.27. The lowest BCUT2D eigenvalue weighted by Crippen LogP contribution is -2.33. The first-order valence-electron chi connectivity index (χ1n) is 9.35. The SMILES string of the molecule is CNc1cccc(C(=O)C2CCN(C)CC2)n1.O=Cc1c(F)cccc1C(F)(F)F. The highest BCUT2D eigenvalue weighted by Gasteiger charge is 2.34. The van der Waals surface area contributed by atoms with E-state index >= 15 is 0 Å². The number of carbonyl (C=O) groups excluding carboxylic acids is 2. The summed E-state index contributed by atoms with van der Waals surface area (Å²) in [5, 5.41) is 2.96. The van der Waals surface area contributed by atoms with Crippen molar-refractivity contribution in [3.63, 3.8) is 0 Å². The third-order valence-electron chi connectivity index (χ3n) is 4.82. The van der Waals surface area contributed by atoms with Crippen LogP contribution in [0.3, 0.4) is 0 Å². The van der Waals surface area contributed by atoms with Gasteiger partial charge in [0.1, 0.15) is 17.3 Å². The molecule has 0 saturated carbocycles. The third-order valence-corrected chi connectivity index (χ3v) is 4.82. The molecule has 0 aliphatic carbocycles. The molecule has 1 fully saturated rings. The minimum atomic E-state index is -4.70. The molecule has 1 aromatic carbocycles. The van der Waals surface area contributed by atoms with Crippen LogP contribution in [0.25, 0.3) is 0 Å². The summed E-state index contributed by atoms with van der Waals surface area (Å²) in [6.07, 6.45) is -2.95. The Bertz CT molecular complexity index is 879. The van der Waals surface area contributed by atoms with Gasteiger partial charge < -0.3 is 10.2 Å². The lowest BCUT2D eigenvalue weighted by molar-refractivity contribution is -0.138. The number of nitrogens with zero attached hydrogens (tertiary/aromatic N) is 2. The maximum Gasteiger partial charge on any atom is 0.417 e. The van der Waals surface area contributed by atoms with Crippen molar-refractivity contribution in [2.75, 3.05) is 32.5 Å². The van der Waals surface area contributed by atoms with Gasteiger partial charge in [-0.3, -0.25) is 9.59 Å². The number of hydrogen-bond donors (Lipinski definition) is 1. The number of benzene rings is 1. The minimum Gasteiger partial charge on any atom is -0.373 e. The smallest absolute Gasteiger partial charge is 0.373 e. The van der Waals surface area contributed by atoms with Crippen LogP contribution < -0.4 is 5.32 Å². The summed E-state index contributed by atoms with van der Waals surface area (Å²) in [7, 11) is 3.91. The highest BCUT2D eigenvalue weighted by Crippen LogP contribution is 2.32. The lowest BCUT2D eigenvalue weighted by atomic mass is 9.91. The molecule has 9 heteroatoms. The molecule has 0 amide bonds. The molecule has 0 atom stereocenters. The number of nitrogens with one attached hydrogen (secondary N) is 1. The molecule has 2 aromatic rings. The fourth-order valence-electron chi connectivity index (χ4n) is 3.10. The summed E-state index contributed by atoms with van der Waals surface area (Å²) in [5.41, 5.74) is -1.61. The van der Waals surface area contributed by atoms with Gasteiger partial charge in [0.25, 0.3) is 0 Å². The molecule has 1 aliphatic heterocycles. The van der Waals surface area contributed by atoms with E-state index in [1.165, 1.54) is 0 Å². The van der Waals surface area contributed by atoms with Gasteiger partial charge in [-0.1, -0.05) is 12.1 Å². The van der Waals surface area contributed by atoms with Crippen molar-refractivity contribution < 1.29 is 27.2 Å². The number of ketones is 1. The van der Waals surface area contributed by atoms with Crippen molar-refractivity contribution in [3.8, 4) is 0 Å². The summed E-state index contributed by atoms with van der Waals surface area (Å²) in [6, 6.07) is 7.92. The molecule has 1 aliphatic rings. The Morgan fingerprint density at radius 3 is 2.33 bits per heavy atom. The van der Waals surface area contributed by atoms with Gasteiger partial charge in [-0.2, -0.15) is 13.2 Å². The summed E-state index contributed by atoms with van der Waals surface area (Å²) in [6.45, 7) is 2.00. The fraction of sp³-hybridized carbons (Fsp3) is 0.381. The summed E-state index contributed by atoms with van der Waals surface area (Å²) in [5.74, 6) is -0.0744. The Morgan fingerprint density at radius 1 is 1.17 bits per heavy atom. The van der Waals surface area contributed by atoms with Gasteiger partial charge in [0.15, 0.2) is 12.1 Å². The van der Waals surface area contributed by atoms with Gasteiger partial charge in [-0.15, -0.1) is 0 Å². The second-order valence-electron chi connectivity index (χ2n) is 6.92. The number of aldehydes is 1. The van der Waals surface area contributed by atoms with Crippen LogP contribution in [0.4, 0.5) is 23.4 Å². The number of aromatic nitrogens is 1. The number of hydrogen-bond acceptors (Lipinski definition) is 5. The van der Waals surface area contributed by atoms with E-state index in [0.717, 1.165) is 43.9 Å². The van der Waals surface area contributed by atoms with Crippen molar-refractivity contribution in [3.05, 3.63) is 59.0 Å². The van der Waals surface area contributed by atoms with E-state index in [4.69, 9.17) is 0 Å². The van der Waals surface area contributed by atoms with E-state index in [9.17, 15) is 27.2 Å². The predicted molar refractivity (Wildman–Crippen MR) is 105 cm³/mol. The zero-order valence-electron chi connectivity index (χ0n) is 16.7. The fourth-order valence-corrected chi connectivity index (χ4v) is 3.10. The van der Waals surface area contributed by atoms with Crippen molar-refractivity contribution in [1.29, 1.82) is 0 Å². The maximum atomic E-state index is 12.6. The molecule has 0 spiro atoms. The molecule has 0 unspecified atom stereocenters. The number of piperidine rings is 1. The average Bonchev–Trinajstić information content (AvgIpc) is 2.73. The molecular weight excluding hydrogens is 402 g/mol. The molecule has 30 heavy (non-hydrogen) atoms. The van der Waals surface area contributed by atoms with Crippen LogP contribution in [0.1, 0.15) is 39.3 Å². The summed E-state index contributed by atoms with van der Waals surface area (Å²) >= 11 is 0. The van der Waals surface area contributed by atoms with Gasteiger partial charge in [0.2, 0.25) is 0 Å². The zero-order valence-corrected chi connectivity index (χ0v) is 16.7. The Labute approximate surface area is 172 Å². The molecule has 1 aromatic heterocycles. The molecule has 5 nitrogen and oxygen atoms in total. The van der Waals surface area contributed by atoms with Gasteiger partial charge in [0, 0.05) is 13.0 Å². The Kier molecular flexibility index (Phi) is 8.05. The summed E-state index contributed by atoms with van der Waals surface area (Å²) < 4.78 is 48.9. The van der Waals surface area contributed by atoms with Crippen molar-refractivity contribution in [2.45, 2.75) is 19.0 Å². The van der Waals surface area contributed by atoms with Gasteiger partial charge in [0.05, 0.1) is 11.1 Å². The number of anilines is 1. The molecule has 1 N–H and O–H groups in total. The van der Waals surface area contributed by atoms with Crippen LogP contribution >= 0.6 is 0 Å². The van der Waals surface area contributed by atoms with Crippen molar-refractivity contribution in [1.82, 2.24) is 9.88 Å². The minimum absolute atomic E-state index is 0.141. The van der Waals surface area contributed by atoms with E-state index in [1.807, 2.05) is 25.2 Å². The van der Waals surface area contributed by atoms with E-state index < -0.39 is 23.1 Å². The van der Waals surface area contributed by atoms with E-state index in [1.54, 1.807) is 0 Å². The van der Waals surface area contributed by atoms with Crippen LogP contribution in [-0.4, -0.2) is 49.1 Å². The highest BCUT2D eigenvalue weighted by atomic mass is 19.4. The van der Waals surface area contributed by atoms with Crippen LogP contribution in [-0.2, 0) is 6.18 Å². The number of likely N-dealkylation sites (tertiary alicyclic amines) is 1. The molecule has 1 saturated heterocycles. The normalized spacial score (nSPS) is 15.1. The molecule has 162 valence electrons. The second kappa shape index (κ2) is 10.3. The second-order valence-corrected chi connectivity index (χ2v) is 6.92. The average molecular weight is 425 g/mol. The third kappa shape index (κ3) is 6.09. The number of alkyl halides is 3. The van der Waals surface area contributed by atoms with E-state index in [2.05, 4.69) is 22.2 Å². The number of rotatable bonds is 4. The Morgan fingerprint density at radius 2 is 1.80 bits per heavy atom. The van der Waals surface area contributed by atoms with Crippen LogP contribution in [0, 0.1) is 11.7 Å². The number of carbonyl (C=O) groups is 2. The van der Waals surface area contributed by atoms with Crippen LogP contribution in [0.5, 0.6) is 0 Å². The predicted octanol–water partition coefficient (Wildman–Crippen LogP) is 4.30. The number of Topliss-reactive ketones (excluding diaryl/α,β-unsaturated/α-hetero) is 1. The highest BCUT2D eigenvalue weighted by molar-refractivity contribution is 5.96. The van der Waals surface area contributed by atoms with Crippen LogP contribution in [0.15, 0.2) is 36.4 Å². The molecular formula is C21H23F4N3O2. The quantitative estimate of drug-likeness (QED) is 0.450. The van der Waals surface area contributed by atoms with E-state index in [0.29, 0.717) is 11.8 Å². The summed E-state index contributed by atoms with van der Waals surface area (Å²) in [4.78, 5) is 29.0. The van der Waals surface area contributed by atoms with E-state index in [-0.39, 0.29) is 18.0 Å².